The van der Waals surface area contributed by atoms with Crippen LogP contribution in [0.4, 0.5) is 5.69 Å². The van der Waals surface area contributed by atoms with Crippen molar-refractivity contribution in [3.63, 3.8) is 0 Å². The Morgan fingerprint density at radius 2 is 1.67 bits per heavy atom. The first-order chi connectivity index (χ1) is 17.4. The van der Waals surface area contributed by atoms with Gasteiger partial charge in [-0.15, -0.1) is 0 Å². The van der Waals surface area contributed by atoms with Gasteiger partial charge in [-0.2, -0.15) is 0 Å². The molecular weight excluding hydrogens is 480 g/mol. The normalized spacial score (nSPS) is 18.0. The number of hydrogen-bond acceptors (Lipinski definition) is 5. The molecule has 3 aromatic rings. The molecule has 0 radical (unpaired) electrons. The summed E-state index contributed by atoms with van der Waals surface area (Å²) in [4.78, 5) is 29.4. The zero-order valence-corrected chi connectivity index (χ0v) is 21.3. The number of halogens is 1. The Morgan fingerprint density at radius 3 is 2.39 bits per heavy atom. The monoisotopic (exact) mass is 506 g/mol. The van der Waals surface area contributed by atoms with Crippen molar-refractivity contribution in [2.24, 2.45) is 0 Å². The molecule has 2 aliphatic rings. The molecular formula is C28H27ClN2O5. The quantitative estimate of drug-likeness (QED) is 0.518. The summed E-state index contributed by atoms with van der Waals surface area (Å²) < 4.78 is 16.6. The molecule has 0 unspecified atom stereocenters. The highest BCUT2D eigenvalue weighted by molar-refractivity contribution is 6.31. The van der Waals surface area contributed by atoms with Crippen LogP contribution in [0.5, 0.6) is 17.2 Å². The molecule has 8 heteroatoms. The molecule has 7 nitrogen and oxygen atoms in total. The first kappa shape index (κ1) is 24.0. The van der Waals surface area contributed by atoms with Crippen molar-refractivity contribution >= 4 is 29.1 Å². The van der Waals surface area contributed by atoms with Gasteiger partial charge in [0.05, 0.1) is 39.0 Å². The second-order valence-corrected chi connectivity index (χ2v) is 9.36. The zero-order valence-electron chi connectivity index (χ0n) is 20.6. The van der Waals surface area contributed by atoms with Crippen LogP contribution in [-0.2, 0) is 11.2 Å². The van der Waals surface area contributed by atoms with E-state index in [1.807, 2.05) is 37.3 Å². The van der Waals surface area contributed by atoms with Crippen molar-refractivity contribution in [1.29, 1.82) is 0 Å². The van der Waals surface area contributed by atoms with Crippen LogP contribution in [0, 0.1) is 6.92 Å². The lowest BCUT2D eigenvalue weighted by Gasteiger charge is -2.45. The maximum Gasteiger partial charge on any atom is 0.254 e. The van der Waals surface area contributed by atoms with Crippen LogP contribution in [0.3, 0.4) is 0 Å². The number of fused-ring (bicyclic) bond motifs is 4. The Kier molecular flexibility index (Phi) is 6.26. The Bertz CT molecular complexity index is 1370. The van der Waals surface area contributed by atoms with Gasteiger partial charge in [0, 0.05) is 23.2 Å². The number of rotatable bonds is 5. The van der Waals surface area contributed by atoms with Crippen molar-refractivity contribution in [2.75, 3.05) is 33.2 Å². The zero-order chi connectivity index (χ0) is 25.6. The minimum atomic E-state index is -0.656. The van der Waals surface area contributed by atoms with E-state index in [4.69, 9.17) is 25.8 Å². The number of amides is 2. The van der Waals surface area contributed by atoms with E-state index in [-0.39, 0.29) is 11.8 Å². The summed E-state index contributed by atoms with van der Waals surface area (Å²) in [6.07, 6.45) is 0.651. The van der Waals surface area contributed by atoms with Crippen LogP contribution in [0.2, 0.25) is 5.02 Å². The number of ether oxygens (including phenoxy) is 3. The molecule has 0 spiro atoms. The molecule has 0 saturated heterocycles. The Labute approximate surface area is 214 Å². The maximum atomic E-state index is 14.0. The standard InChI is InChI=1S/C28H27ClN2O5/c1-15-11-21(22(34-2)14-20(15)29)30-27(32)25-17-7-5-6-8-18(17)28(33)31-10-9-16-12-23(35-3)24(36-4)13-19(16)26(25)31/h5-8,11-14,25-26H,9-10H2,1-4H3,(H,30,32)/t25-,26-/m1/s1. The predicted molar refractivity (Wildman–Crippen MR) is 138 cm³/mol. The number of aryl methyl sites for hydroxylation is 1. The van der Waals surface area contributed by atoms with Gasteiger partial charge in [-0.25, -0.2) is 0 Å². The van der Waals surface area contributed by atoms with Crippen LogP contribution in [0.25, 0.3) is 0 Å². The van der Waals surface area contributed by atoms with Gasteiger partial charge in [-0.1, -0.05) is 29.8 Å². The van der Waals surface area contributed by atoms with Gasteiger partial charge < -0.3 is 24.4 Å². The van der Waals surface area contributed by atoms with E-state index in [1.165, 1.54) is 7.11 Å². The minimum absolute atomic E-state index is 0.0833. The van der Waals surface area contributed by atoms with E-state index in [0.29, 0.717) is 52.1 Å². The summed E-state index contributed by atoms with van der Waals surface area (Å²) in [7, 11) is 4.70. The number of anilines is 1. The first-order valence-electron chi connectivity index (χ1n) is 11.7. The number of hydrogen-bond donors (Lipinski definition) is 1. The smallest absolute Gasteiger partial charge is 0.254 e. The number of carbonyl (C=O) groups is 2. The second kappa shape index (κ2) is 9.39. The lowest BCUT2D eigenvalue weighted by molar-refractivity contribution is -0.119. The van der Waals surface area contributed by atoms with Gasteiger partial charge in [0.1, 0.15) is 5.75 Å². The first-order valence-corrected chi connectivity index (χ1v) is 12.1. The Balaban J connectivity index is 1.65. The molecule has 2 aliphatic heterocycles. The van der Waals surface area contributed by atoms with Gasteiger partial charge in [0.2, 0.25) is 5.91 Å². The summed E-state index contributed by atoms with van der Waals surface area (Å²) >= 11 is 6.27. The molecule has 2 heterocycles. The molecule has 0 aliphatic carbocycles. The highest BCUT2D eigenvalue weighted by Crippen LogP contribution is 2.48. The third-order valence-electron chi connectivity index (χ3n) is 7.05. The number of nitrogens with one attached hydrogen (secondary N) is 1. The molecule has 36 heavy (non-hydrogen) atoms. The molecule has 1 N–H and O–H groups in total. The van der Waals surface area contributed by atoms with Gasteiger partial charge in [0.15, 0.2) is 11.5 Å². The molecule has 0 aromatic heterocycles. The summed E-state index contributed by atoms with van der Waals surface area (Å²) in [5.74, 6) is 0.656. The number of carbonyl (C=O) groups excluding carboxylic acids is 2. The number of methoxy groups -OCH3 is 3. The topological polar surface area (TPSA) is 77.1 Å². The van der Waals surface area contributed by atoms with Crippen molar-refractivity contribution in [1.82, 2.24) is 4.90 Å². The van der Waals surface area contributed by atoms with Crippen molar-refractivity contribution in [3.8, 4) is 17.2 Å². The fraction of sp³-hybridized carbons (Fsp3) is 0.286. The SMILES string of the molecule is COc1cc(Cl)c(C)cc1NC(=O)[C@@H]1c2ccccc2C(=O)N2CCc3cc(OC)c(OC)cc3[C@H]12. The van der Waals surface area contributed by atoms with Crippen LogP contribution in [0.15, 0.2) is 48.5 Å². The Hall–Kier alpha value is -3.71. The van der Waals surface area contributed by atoms with Gasteiger partial charge in [-0.3, -0.25) is 9.59 Å². The third-order valence-corrected chi connectivity index (χ3v) is 7.45. The molecule has 3 aromatic carbocycles. The van der Waals surface area contributed by atoms with E-state index in [1.54, 1.807) is 37.3 Å². The number of nitrogens with zero attached hydrogens (tertiary/aromatic N) is 1. The molecule has 2 amide bonds. The van der Waals surface area contributed by atoms with E-state index >= 15 is 0 Å². The van der Waals surface area contributed by atoms with Gasteiger partial charge in [-0.05, 0) is 59.9 Å². The Morgan fingerprint density at radius 1 is 0.972 bits per heavy atom. The largest absolute Gasteiger partial charge is 0.495 e. The van der Waals surface area contributed by atoms with E-state index in [2.05, 4.69) is 5.32 Å². The summed E-state index contributed by atoms with van der Waals surface area (Å²) in [5, 5.41) is 3.60. The van der Waals surface area contributed by atoms with Crippen molar-refractivity contribution in [3.05, 3.63) is 81.4 Å². The maximum absolute atomic E-state index is 14.0. The second-order valence-electron chi connectivity index (χ2n) is 8.96. The van der Waals surface area contributed by atoms with Crippen LogP contribution < -0.4 is 19.5 Å². The number of benzene rings is 3. The lowest BCUT2D eigenvalue weighted by atomic mass is 9.75. The highest BCUT2D eigenvalue weighted by Gasteiger charge is 2.46. The molecule has 0 fully saturated rings. The fourth-order valence-electron chi connectivity index (χ4n) is 5.28. The summed E-state index contributed by atoms with van der Waals surface area (Å²) in [5.41, 5.74) is 4.47. The van der Waals surface area contributed by atoms with Gasteiger partial charge in [0.25, 0.3) is 5.91 Å². The third kappa shape index (κ3) is 3.84. The average Bonchev–Trinajstić information content (AvgIpc) is 2.89. The fourth-order valence-corrected chi connectivity index (χ4v) is 5.43. The summed E-state index contributed by atoms with van der Waals surface area (Å²) in [6.45, 7) is 2.36. The molecule has 186 valence electrons. The molecule has 2 atom stereocenters. The van der Waals surface area contributed by atoms with E-state index < -0.39 is 12.0 Å². The van der Waals surface area contributed by atoms with Crippen LogP contribution in [-0.4, -0.2) is 44.6 Å². The predicted octanol–water partition coefficient (Wildman–Crippen LogP) is 5.15. The average molecular weight is 507 g/mol. The van der Waals surface area contributed by atoms with Gasteiger partial charge >= 0.3 is 0 Å². The van der Waals surface area contributed by atoms with Crippen molar-refractivity contribution in [2.45, 2.75) is 25.3 Å². The van der Waals surface area contributed by atoms with E-state index in [9.17, 15) is 9.59 Å². The molecule has 5 rings (SSSR count). The van der Waals surface area contributed by atoms with Crippen LogP contribution >= 0.6 is 11.6 Å². The minimum Gasteiger partial charge on any atom is -0.495 e. The molecule has 0 saturated carbocycles. The molecule has 0 bridgehead atoms. The summed E-state index contributed by atoms with van der Waals surface area (Å²) in [6, 6.07) is 14.1. The van der Waals surface area contributed by atoms with E-state index in [0.717, 1.165) is 16.7 Å². The lowest BCUT2D eigenvalue weighted by Crippen LogP contribution is -2.49. The van der Waals surface area contributed by atoms with Crippen molar-refractivity contribution < 1.29 is 23.8 Å². The van der Waals surface area contributed by atoms with Crippen LogP contribution in [0.1, 0.15) is 44.6 Å². The highest BCUT2D eigenvalue weighted by atomic mass is 35.5.